The molecule has 4 rings (SSSR count). The van der Waals surface area contributed by atoms with Gasteiger partial charge in [-0.2, -0.15) is 0 Å². The van der Waals surface area contributed by atoms with Gasteiger partial charge in [-0.1, -0.05) is 18.2 Å². The zero-order chi connectivity index (χ0) is 18.5. The molecule has 2 heterocycles. The van der Waals surface area contributed by atoms with Gasteiger partial charge in [0, 0.05) is 17.3 Å². The molecule has 0 aliphatic carbocycles. The summed E-state index contributed by atoms with van der Waals surface area (Å²) in [5.74, 6) is -1.14. The van der Waals surface area contributed by atoms with Gasteiger partial charge in [-0.25, -0.2) is 0 Å². The third-order valence-corrected chi connectivity index (χ3v) is 4.84. The lowest BCUT2D eigenvalue weighted by Crippen LogP contribution is -2.44. The fraction of sp³-hybridized carbons (Fsp3) is 0.263. The van der Waals surface area contributed by atoms with Crippen LogP contribution in [0.1, 0.15) is 18.1 Å². The number of hydrogen-bond acceptors (Lipinski definition) is 6. The summed E-state index contributed by atoms with van der Waals surface area (Å²) in [7, 11) is 0. The molecule has 1 unspecified atom stereocenters. The van der Waals surface area contributed by atoms with E-state index in [1.165, 1.54) is 17.0 Å². The molecule has 1 amide bonds. The van der Waals surface area contributed by atoms with Crippen molar-refractivity contribution in [2.45, 2.75) is 12.3 Å². The molecule has 2 N–H and O–H groups in total. The Bertz CT molecular complexity index is 924. The molecule has 0 aromatic heterocycles. The van der Waals surface area contributed by atoms with E-state index < -0.39 is 11.4 Å². The van der Waals surface area contributed by atoms with E-state index in [9.17, 15) is 19.8 Å². The summed E-state index contributed by atoms with van der Waals surface area (Å²) >= 11 is 0. The van der Waals surface area contributed by atoms with Crippen LogP contribution in [0.4, 0.5) is 5.69 Å². The van der Waals surface area contributed by atoms with Crippen molar-refractivity contribution in [3.05, 3.63) is 47.5 Å². The van der Waals surface area contributed by atoms with Gasteiger partial charge in [0.2, 0.25) is 5.91 Å². The first-order chi connectivity index (χ1) is 12.5. The van der Waals surface area contributed by atoms with Crippen LogP contribution in [0.2, 0.25) is 0 Å². The van der Waals surface area contributed by atoms with Crippen molar-refractivity contribution in [3.8, 4) is 17.2 Å². The number of carbonyl (C=O) groups excluding carboxylic acids is 2. The second-order valence-electron chi connectivity index (χ2n) is 6.24. The molecule has 2 aliphatic rings. The zero-order valence-electron chi connectivity index (χ0n) is 14.1. The molecule has 1 atom stereocenters. The van der Waals surface area contributed by atoms with Crippen molar-refractivity contribution in [3.63, 3.8) is 0 Å². The van der Waals surface area contributed by atoms with Crippen molar-refractivity contribution in [1.82, 2.24) is 0 Å². The van der Waals surface area contributed by atoms with Gasteiger partial charge >= 0.3 is 5.97 Å². The minimum atomic E-state index is -1.16. The second-order valence-corrected chi connectivity index (χ2v) is 6.24. The molecule has 0 fully saturated rings. The van der Waals surface area contributed by atoms with E-state index in [-0.39, 0.29) is 37.2 Å². The molecule has 0 bridgehead atoms. The molecule has 1 spiro atoms. The summed E-state index contributed by atoms with van der Waals surface area (Å²) in [5, 5.41) is 19.7. The molecule has 0 radical (unpaired) electrons. The van der Waals surface area contributed by atoms with Gasteiger partial charge in [-0.15, -0.1) is 0 Å². The number of amides is 1. The number of ether oxygens (including phenoxy) is 2. The molecular weight excluding hydrogens is 338 g/mol. The maximum absolute atomic E-state index is 13.4. The minimum Gasteiger partial charge on any atom is -0.504 e. The number of anilines is 1. The number of nitrogens with zero attached hydrogens (tertiary/aromatic N) is 1. The highest BCUT2D eigenvalue weighted by Gasteiger charge is 2.57. The predicted molar refractivity (Wildman–Crippen MR) is 91.5 cm³/mol. The standard InChI is InChI=1S/C19H17NO6/c1-2-25-17(23)9-20-13-6-4-3-5-11(13)19(18(20)24)10-26-16-8-15(22)14(21)7-12(16)19/h3-8,21-22H,2,9-10H2,1H3. The van der Waals surface area contributed by atoms with Crippen LogP contribution in [-0.4, -0.2) is 41.8 Å². The Balaban J connectivity index is 1.86. The maximum atomic E-state index is 13.4. The van der Waals surface area contributed by atoms with E-state index in [0.717, 1.165) is 0 Å². The topological polar surface area (TPSA) is 96.3 Å². The first-order valence-corrected chi connectivity index (χ1v) is 8.25. The van der Waals surface area contributed by atoms with Gasteiger partial charge in [0.05, 0.1) is 6.61 Å². The van der Waals surface area contributed by atoms with Crippen molar-refractivity contribution in [1.29, 1.82) is 0 Å². The van der Waals surface area contributed by atoms with Crippen molar-refractivity contribution >= 4 is 17.6 Å². The normalized spacial score (nSPS) is 20.0. The highest BCUT2D eigenvalue weighted by Crippen LogP contribution is 2.54. The minimum absolute atomic E-state index is 0.0282. The Kier molecular flexibility index (Phi) is 3.54. The van der Waals surface area contributed by atoms with Crippen molar-refractivity contribution in [2.24, 2.45) is 0 Å². The van der Waals surface area contributed by atoms with Crippen LogP contribution >= 0.6 is 0 Å². The lowest BCUT2D eigenvalue weighted by molar-refractivity contribution is -0.142. The number of rotatable bonds is 3. The molecular formula is C19H17NO6. The Labute approximate surface area is 149 Å². The van der Waals surface area contributed by atoms with E-state index >= 15 is 0 Å². The number of esters is 1. The van der Waals surface area contributed by atoms with Gasteiger partial charge in [0.25, 0.3) is 0 Å². The maximum Gasteiger partial charge on any atom is 0.326 e. The first-order valence-electron chi connectivity index (χ1n) is 8.25. The van der Waals surface area contributed by atoms with Crippen LogP contribution in [-0.2, 0) is 19.7 Å². The molecule has 2 aromatic carbocycles. The number of phenols is 2. The second kappa shape index (κ2) is 5.66. The Morgan fingerprint density at radius 2 is 1.96 bits per heavy atom. The Morgan fingerprint density at radius 3 is 2.73 bits per heavy atom. The largest absolute Gasteiger partial charge is 0.504 e. The van der Waals surface area contributed by atoms with Gasteiger partial charge in [0.15, 0.2) is 11.5 Å². The van der Waals surface area contributed by atoms with Crippen LogP contribution in [0.25, 0.3) is 0 Å². The lowest BCUT2D eigenvalue weighted by Gasteiger charge is -2.22. The summed E-state index contributed by atoms with van der Waals surface area (Å²) < 4.78 is 10.7. The molecule has 0 saturated heterocycles. The average molecular weight is 355 g/mol. The summed E-state index contributed by atoms with van der Waals surface area (Å²) in [5.41, 5.74) is 0.605. The van der Waals surface area contributed by atoms with E-state index in [1.54, 1.807) is 31.2 Å². The highest BCUT2D eigenvalue weighted by atomic mass is 16.5. The number of benzene rings is 2. The van der Waals surface area contributed by atoms with Crippen LogP contribution < -0.4 is 9.64 Å². The fourth-order valence-electron chi connectivity index (χ4n) is 3.69. The Morgan fingerprint density at radius 1 is 1.23 bits per heavy atom. The van der Waals surface area contributed by atoms with Gasteiger partial charge in [0.1, 0.15) is 24.3 Å². The number of fused-ring (bicyclic) bond motifs is 4. The fourth-order valence-corrected chi connectivity index (χ4v) is 3.69. The highest BCUT2D eigenvalue weighted by molar-refractivity contribution is 6.13. The van der Waals surface area contributed by atoms with Crippen molar-refractivity contribution < 1.29 is 29.3 Å². The molecule has 2 aromatic rings. The predicted octanol–water partition coefficient (Wildman–Crippen LogP) is 1.69. The molecule has 0 saturated carbocycles. The quantitative estimate of drug-likeness (QED) is 0.642. The number of hydrogen-bond donors (Lipinski definition) is 2. The molecule has 7 heteroatoms. The van der Waals surface area contributed by atoms with Crippen LogP contribution in [0.5, 0.6) is 17.2 Å². The van der Waals surface area contributed by atoms with Crippen LogP contribution in [0.15, 0.2) is 36.4 Å². The van der Waals surface area contributed by atoms with Gasteiger partial charge in [-0.3, -0.25) is 14.5 Å². The SMILES string of the molecule is CCOC(=O)CN1C(=O)C2(COc3cc(O)c(O)cc32)c2ccccc21. The van der Waals surface area contributed by atoms with Crippen LogP contribution in [0, 0.1) is 0 Å². The summed E-state index contributed by atoms with van der Waals surface area (Å²) in [6, 6.07) is 9.80. The van der Waals surface area contributed by atoms with E-state index in [2.05, 4.69) is 0 Å². The van der Waals surface area contributed by atoms with E-state index in [4.69, 9.17) is 9.47 Å². The summed E-state index contributed by atoms with van der Waals surface area (Å²) in [4.78, 5) is 26.7. The van der Waals surface area contributed by atoms with Gasteiger partial charge in [-0.05, 0) is 24.6 Å². The van der Waals surface area contributed by atoms with Gasteiger partial charge < -0.3 is 19.7 Å². The molecule has 2 aliphatic heterocycles. The zero-order valence-corrected chi connectivity index (χ0v) is 14.1. The third kappa shape index (κ3) is 2.06. The van der Waals surface area contributed by atoms with Crippen molar-refractivity contribution in [2.75, 3.05) is 24.7 Å². The third-order valence-electron chi connectivity index (χ3n) is 4.84. The summed E-state index contributed by atoms with van der Waals surface area (Å²) in [6.45, 7) is 1.76. The molecule has 26 heavy (non-hydrogen) atoms. The average Bonchev–Trinajstić information content (AvgIpc) is 3.09. The Hall–Kier alpha value is -3.22. The number of carbonyl (C=O) groups is 2. The number of aromatic hydroxyl groups is 2. The van der Waals surface area contributed by atoms with Crippen LogP contribution in [0.3, 0.4) is 0 Å². The monoisotopic (exact) mass is 355 g/mol. The lowest BCUT2D eigenvalue weighted by atomic mass is 9.77. The van der Waals surface area contributed by atoms with E-state index in [1.807, 2.05) is 0 Å². The molecule has 134 valence electrons. The summed E-state index contributed by atoms with van der Waals surface area (Å²) in [6.07, 6.45) is 0. The number of phenolic OH excluding ortho intramolecular Hbond substituents is 2. The molecule has 7 nitrogen and oxygen atoms in total. The van der Waals surface area contributed by atoms with E-state index in [0.29, 0.717) is 22.6 Å². The smallest absolute Gasteiger partial charge is 0.326 e. The first kappa shape index (κ1) is 16.3. The number of para-hydroxylation sites is 1.